The number of hydrogen-bond acceptors (Lipinski definition) is 7. The van der Waals surface area contributed by atoms with E-state index in [0.717, 1.165) is 4.47 Å². The van der Waals surface area contributed by atoms with E-state index in [2.05, 4.69) is 26.0 Å². The van der Waals surface area contributed by atoms with Gasteiger partial charge in [0.1, 0.15) is 24.0 Å². The summed E-state index contributed by atoms with van der Waals surface area (Å²) < 4.78 is 21.9. The summed E-state index contributed by atoms with van der Waals surface area (Å²) in [6, 6.07) is 17.0. The van der Waals surface area contributed by atoms with Gasteiger partial charge in [0, 0.05) is 10.2 Å². The Morgan fingerprint density at radius 1 is 1.09 bits per heavy atom. The van der Waals surface area contributed by atoms with Crippen LogP contribution in [0.1, 0.15) is 21.9 Å². The summed E-state index contributed by atoms with van der Waals surface area (Å²) >= 11 is 3.33. The van der Waals surface area contributed by atoms with Crippen LogP contribution in [0.25, 0.3) is 6.08 Å². The Bertz CT molecular complexity index is 1220. The third kappa shape index (κ3) is 6.24. The average Bonchev–Trinajstić information content (AvgIpc) is 3.31. The molecule has 33 heavy (non-hydrogen) atoms. The zero-order valence-electron chi connectivity index (χ0n) is 17.8. The van der Waals surface area contributed by atoms with Crippen LogP contribution < -0.4 is 14.8 Å². The van der Waals surface area contributed by atoms with Crippen molar-refractivity contribution in [3.05, 3.63) is 81.7 Å². The first-order chi connectivity index (χ1) is 15.9. The van der Waals surface area contributed by atoms with Crippen molar-refractivity contribution in [2.75, 3.05) is 19.5 Å². The van der Waals surface area contributed by atoms with Crippen LogP contribution in [0.3, 0.4) is 0 Å². The smallest absolute Gasteiger partial charge is 0.373 e. The van der Waals surface area contributed by atoms with E-state index in [-0.39, 0.29) is 17.9 Å². The largest absolute Gasteiger partial charge is 0.493 e. The Kier molecular flexibility index (Phi) is 7.89. The van der Waals surface area contributed by atoms with Crippen molar-refractivity contribution in [1.29, 1.82) is 5.26 Å². The van der Waals surface area contributed by atoms with Crippen molar-refractivity contribution in [2.45, 2.75) is 6.61 Å². The Hall–Kier alpha value is -4.03. The minimum Gasteiger partial charge on any atom is -0.493 e. The average molecular weight is 511 g/mol. The number of nitrogens with zero attached hydrogens (tertiary/aromatic N) is 1. The van der Waals surface area contributed by atoms with Crippen LogP contribution >= 0.6 is 15.9 Å². The monoisotopic (exact) mass is 510 g/mol. The highest BCUT2D eigenvalue weighted by Gasteiger charge is 2.14. The lowest BCUT2D eigenvalue weighted by molar-refractivity contribution is -0.112. The number of carbonyl (C=O) groups excluding carboxylic acids is 2. The van der Waals surface area contributed by atoms with Crippen molar-refractivity contribution < 1.29 is 28.2 Å². The molecule has 0 radical (unpaired) electrons. The normalized spacial score (nSPS) is 10.8. The third-order valence-electron chi connectivity index (χ3n) is 4.38. The molecule has 0 aliphatic heterocycles. The molecule has 0 bridgehead atoms. The molecule has 8 nitrogen and oxygen atoms in total. The molecule has 9 heteroatoms. The second-order valence-electron chi connectivity index (χ2n) is 6.59. The fourth-order valence-electron chi connectivity index (χ4n) is 2.75. The Labute approximate surface area is 198 Å². The summed E-state index contributed by atoms with van der Waals surface area (Å²) in [7, 11) is 2.74. The molecule has 1 aromatic heterocycles. The highest BCUT2D eigenvalue weighted by atomic mass is 79.9. The summed E-state index contributed by atoms with van der Waals surface area (Å²) in [4.78, 5) is 24.0. The molecule has 2 aromatic carbocycles. The topological polar surface area (TPSA) is 111 Å². The number of rotatable bonds is 8. The van der Waals surface area contributed by atoms with E-state index >= 15 is 0 Å². The van der Waals surface area contributed by atoms with Crippen LogP contribution in [0.5, 0.6) is 11.5 Å². The fourth-order valence-corrected chi connectivity index (χ4v) is 3.02. The maximum Gasteiger partial charge on any atom is 0.373 e. The van der Waals surface area contributed by atoms with Crippen LogP contribution in [0, 0.1) is 11.3 Å². The lowest BCUT2D eigenvalue weighted by atomic mass is 10.1. The summed E-state index contributed by atoms with van der Waals surface area (Å²) in [5.74, 6) is 0.218. The SMILES string of the molecule is COC(=O)c1ccc(COc2ccc(/C=C(\C#N)C(=O)Nc3ccc(Br)cc3)cc2OC)o1. The minimum atomic E-state index is -0.576. The standard InChI is InChI=1S/C24H19BrN2O6/c1-30-22-12-15(11-16(13-26)23(28)27-18-6-4-17(25)5-7-18)3-9-20(22)32-14-19-8-10-21(33-19)24(29)31-2/h3-12H,14H2,1-2H3,(H,27,28)/b16-11+. The van der Waals surface area contributed by atoms with Crippen molar-refractivity contribution in [3.8, 4) is 17.6 Å². The third-order valence-corrected chi connectivity index (χ3v) is 4.91. The van der Waals surface area contributed by atoms with Crippen LogP contribution in [0.15, 0.2) is 69.1 Å². The van der Waals surface area contributed by atoms with Gasteiger partial charge in [0.15, 0.2) is 11.5 Å². The van der Waals surface area contributed by atoms with Crippen LogP contribution in [-0.4, -0.2) is 26.1 Å². The molecule has 0 aliphatic rings. The van der Waals surface area contributed by atoms with Gasteiger partial charge >= 0.3 is 5.97 Å². The second kappa shape index (κ2) is 11.0. The molecule has 0 unspecified atom stereocenters. The number of hydrogen-bond donors (Lipinski definition) is 1. The number of carbonyl (C=O) groups is 2. The molecule has 3 rings (SSSR count). The van der Waals surface area contributed by atoms with Gasteiger partial charge in [0.25, 0.3) is 5.91 Å². The predicted molar refractivity (Wildman–Crippen MR) is 124 cm³/mol. The lowest BCUT2D eigenvalue weighted by Crippen LogP contribution is -2.13. The van der Waals surface area contributed by atoms with Gasteiger partial charge in [-0.3, -0.25) is 4.79 Å². The summed E-state index contributed by atoms with van der Waals surface area (Å²) in [5.41, 5.74) is 1.08. The zero-order valence-corrected chi connectivity index (χ0v) is 19.3. The molecule has 0 aliphatic carbocycles. The molecule has 0 saturated heterocycles. The number of nitrogens with one attached hydrogen (secondary N) is 1. The highest BCUT2D eigenvalue weighted by Crippen LogP contribution is 2.30. The lowest BCUT2D eigenvalue weighted by Gasteiger charge is -2.11. The van der Waals surface area contributed by atoms with E-state index < -0.39 is 11.9 Å². The van der Waals surface area contributed by atoms with Gasteiger partial charge in [-0.05, 0) is 60.2 Å². The van der Waals surface area contributed by atoms with Gasteiger partial charge in [-0.15, -0.1) is 0 Å². The number of methoxy groups -OCH3 is 2. The van der Waals surface area contributed by atoms with Gasteiger partial charge in [0.2, 0.25) is 5.76 Å². The molecule has 1 amide bonds. The maximum absolute atomic E-state index is 12.5. The summed E-state index contributed by atoms with van der Waals surface area (Å²) in [6.07, 6.45) is 1.45. The number of benzene rings is 2. The number of nitriles is 1. The first-order valence-corrected chi connectivity index (χ1v) is 10.4. The first-order valence-electron chi connectivity index (χ1n) is 9.60. The highest BCUT2D eigenvalue weighted by molar-refractivity contribution is 9.10. The van der Waals surface area contributed by atoms with E-state index in [1.807, 2.05) is 6.07 Å². The number of anilines is 1. The zero-order chi connectivity index (χ0) is 23.8. The molecular formula is C24H19BrN2O6. The maximum atomic E-state index is 12.5. The first kappa shape index (κ1) is 23.6. The number of halogens is 1. The summed E-state index contributed by atoms with van der Waals surface area (Å²) in [5, 5.41) is 12.1. The quantitative estimate of drug-likeness (QED) is 0.259. The van der Waals surface area contributed by atoms with Gasteiger partial charge < -0.3 is 23.9 Å². The fraction of sp³-hybridized carbons (Fsp3) is 0.125. The van der Waals surface area contributed by atoms with Crippen LogP contribution in [-0.2, 0) is 16.1 Å². The van der Waals surface area contributed by atoms with Crippen molar-refractivity contribution >= 4 is 39.6 Å². The molecule has 0 saturated carbocycles. The van der Waals surface area contributed by atoms with Crippen molar-refractivity contribution in [2.24, 2.45) is 0 Å². The van der Waals surface area contributed by atoms with Gasteiger partial charge in [-0.25, -0.2) is 4.79 Å². The number of esters is 1. The van der Waals surface area contributed by atoms with E-state index in [1.54, 1.807) is 48.5 Å². The Morgan fingerprint density at radius 2 is 1.85 bits per heavy atom. The molecule has 168 valence electrons. The Morgan fingerprint density at radius 3 is 2.52 bits per heavy atom. The van der Waals surface area contributed by atoms with Gasteiger partial charge in [-0.1, -0.05) is 22.0 Å². The number of amides is 1. The number of furan rings is 1. The van der Waals surface area contributed by atoms with E-state index in [0.29, 0.717) is 28.5 Å². The van der Waals surface area contributed by atoms with Gasteiger partial charge in [0.05, 0.1) is 14.2 Å². The van der Waals surface area contributed by atoms with Crippen molar-refractivity contribution in [3.63, 3.8) is 0 Å². The van der Waals surface area contributed by atoms with Crippen LogP contribution in [0.2, 0.25) is 0 Å². The summed E-state index contributed by atoms with van der Waals surface area (Å²) in [6.45, 7) is 0.0571. The van der Waals surface area contributed by atoms with Crippen LogP contribution in [0.4, 0.5) is 5.69 Å². The molecule has 0 fully saturated rings. The van der Waals surface area contributed by atoms with E-state index in [1.165, 1.54) is 26.4 Å². The second-order valence-corrected chi connectivity index (χ2v) is 7.50. The molecule has 1 heterocycles. The molecular weight excluding hydrogens is 492 g/mol. The predicted octanol–water partition coefficient (Wildman–Crippen LogP) is 4.96. The molecule has 0 atom stereocenters. The van der Waals surface area contributed by atoms with Crippen molar-refractivity contribution in [1.82, 2.24) is 0 Å². The van der Waals surface area contributed by atoms with Gasteiger partial charge in [-0.2, -0.15) is 5.26 Å². The molecule has 0 spiro atoms. The minimum absolute atomic E-state index is 0.0571. The molecule has 1 N–H and O–H groups in total. The van der Waals surface area contributed by atoms with E-state index in [4.69, 9.17) is 13.9 Å². The number of ether oxygens (including phenoxy) is 3. The Balaban J connectivity index is 1.72. The van der Waals surface area contributed by atoms with E-state index in [9.17, 15) is 14.9 Å². The molecule has 3 aromatic rings.